The van der Waals surface area contributed by atoms with Crippen molar-refractivity contribution in [3.05, 3.63) is 29.3 Å². The predicted molar refractivity (Wildman–Crippen MR) is 50.6 cm³/mol. The molecule has 4 nitrogen and oxygen atoms in total. The van der Waals surface area contributed by atoms with E-state index in [1.165, 1.54) is 18.2 Å². The molecule has 1 aromatic rings. The van der Waals surface area contributed by atoms with Crippen molar-refractivity contribution in [2.45, 2.75) is 13.3 Å². The van der Waals surface area contributed by atoms with Crippen LogP contribution in [0.15, 0.2) is 23.2 Å². The van der Waals surface area contributed by atoms with Crippen molar-refractivity contribution < 1.29 is 14.7 Å². The Labute approximate surface area is 80.9 Å². The van der Waals surface area contributed by atoms with Crippen molar-refractivity contribution in [3.8, 4) is 0 Å². The van der Waals surface area contributed by atoms with E-state index >= 15 is 0 Å². The molecule has 0 saturated carbocycles. The highest BCUT2D eigenvalue weighted by atomic mass is 16.4. The highest BCUT2D eigenvalue weighted by molar-refractivity contribution is 5.89. The van der Waals surface area contributed by atoms with Crippen molar-refractivity contribution in [1.29, 1.82) is 0 Å². The predicted octanol–water partition coefficient (Wildman–Crippen LogP) is 1.91. The zero-order valence-corrected chi connectivity index (χ0v) is 7.65. The lowest BCUT2D eigenvalue weighted by atomic mass is 10.1. The maximum absolute atomic E-state index is 10.6. The molecule has 0 heterocycles. The molecular weight excluding hydrogens is 182 g/mol. The van der Waals surface area contributed by atoms with Gasteiger partial charge in [0.25, 0.3) is 0 Å². The molecule has 0 atom stereocenters. The summed E-state index contributed by atoms with van der Waals surface area (Å²) in [7, 11) is 0. The molecule has 4 heteroatoms. The van der Waals surface area contributed by atoms with Gasteiger partial charge in [-0.25, -0.2) is 9.59 Å². The molecule has 1 N–H and O–H groups in total. The summed E-state index contributed by atoms with van der Waals surface area (Å²) in [5.74, 6) is -1.03. The highest BCUT2D eigenvalue weighted by Crippen LogP contribution is 2.21. The van der Waals surface area contributed by atoms with E-state index in [4.69, 9.17) is 5.11 Å². The zero-order valence-electron chi connectivity index (χ0n) is 7.65. The smallest absolute Gasteiger partial charge is 0.335 e. The molecule has 0 amide bonds. The van der Waals surface area contributed by atoms with E-state index in [2.05, 4.69) is 4.99 Å². The number of hydrogen-bond acceptors (Lipinski definition) is 3. The number of isocyanates is 1. The van der Waals surface area contributed by atoms with Gasteiger partial charge in [-0.2, -0.15) is 4.99 Å². The van der Waals surface area contributed by atoms with Gasteiger partial charge in [-0.05, 0) is 24.1 Å². The van der Waals surface area contributed by atoms with E-state index < -0.39 is 5.97 Å². The Kier molecular flexibility index (Phi) is 3.15. The minimum atomic E-state index is -1.03. The number of benzene rings is 1. The molecule has 0 aliphatic carbocycles. The summed E-state index contributed by atoms with van der Waals surface area (Å²) in [5, 5.41) is 8.70. The van der Waals surface area contributed by atoms with Gasteiger partial charge >= 0.3 is 5.97 Å². The van der Waals surface area contributed by atoms with Crippen LogP contribution in [-0.4, -0.2) is 17.2 Å². The number of rotatable bonds is 3. The highest BCUT2D eigenvalue weighted by Gasteiger charge is 2.06. The van der Waals surface area contributed by atoms with Gasteiger partial charge in [0.1, 0.15) is 0 Å². The van der Waals surface area contributed by atoms with Gasteiger partial charge < -0.3 is 5.11 Å². The van der Waals surface area contributed by atoms with Crippen LogP contribution in [0.3, 0.4) is 0 Å². The van der Waals surface area contributed by atoms with Crippen LogP contribution in [0.4, 0.5) is 5.69 Å². The van der Waals surface area contributed by atoms with Gasteiger partial charge in [0.05, 0.1) is 11.3 Å². The first kappa shape index (κ1) is 10.2. The molecule has 72 valence electrons. The number of carbonyl (C=O) groups is 1. The molecular formula is C10H9NO3. The van der Waals surface area contributed by atoms with Crippen molar-refractivity contribution in [3.63, 3.8) is 0 Å². The number of carbonyl (C=O) groups excluding carboxylic acids is 1. The fourth-order valence-corrected chi connectivity index (χ4v) is 1.15. The molecule has 0 aliphatic rings. The minimum Gasteiger partial charge on any atom is -0.478 e. The topological polar surface area (TPSA) is 66.7 Å². The number of carboxylic acids is 1. The summed E-state index contributed by atoms with van der Waals surface area (Å²) in [5.41, 5.74) is 1.33. The van der Waals surface area contributed by atoms with Gasteiger partial charge in [-0.1, -0.05) is 13.0 Å². The normalized spacial score (nSPS) is 9.21. The minimum absolute atomic E-state index is 0.121. The Hall–Kier alpha value is -1.93. The van der Waals surface area contributed by atoms with Gasteiger partial charge in [0.2, 0.25) is 6.08 Å². The van der Waals surface area contributed by atoms with Gasteiger partial charge in [-0.15, -0.1) is 0 Å². The third-order valence-corrected chi connectivity index (χ3v) is 1.88. The molecule has 1 aromatic carbocycles. The van der Waals surface area contributed by atoms with Crippen molar-refractivity contribution in [2.75, 3.05) is 0 Å². The largest absolute Gasteiger partial charge is 0.478 e. The second-order valence-corrected chi connectivity index (χ2v) is 2.71. The van der Waals surface area contributed by atoms with Crippen LogP contribution in [0, 0.1) is 0 Å². The number of aliphatic imine (C=N–C) groups is 1. The van der Waals surface area contributed by atoms with Crippen LogP contribution in [0.25, 0.3) is 0 Å². The first-order valence-corrected chi connectivity index (χ1v) is 4.13. The summed E-state index contributed by atoms with van der Waals surface area (Å²) >= 11 is 0. The second-order valence-electron chi connectivity index (χ2n) is 2.71. The Morgan fingerprint density at radius 2 is 2.29 bits per heavy atom. The lowest BCUT2D eigenvalue weighted by molar-refractivity contribution is 0.0697. The van der Waals surface area contributed by atoms with Crippen LogP contribution < -0.4 is 0 Å². The lowest BCUT2D eigenvalue weighted by Crippen LogP contribution is -1.96. The summed E-state index contributed by atoms with van der Waals surface area (Å²) in [6, 6.07) is 4.51. The fourth-order valence-electron chi connectivity index (χ4n) is 1.15. The van der Waals surface area contributed by atoms with E-state index in [0.717, 1.165) is 5.56 Å². The van der Waals surface area contributed by atoms with Crippen molar-refractivity contribution in [1.82, 2.24) is 0 Å². The molecule has 0 aliphatic heterocycles. The van der Waals surface area contributed by atoms with Crippen LogP contribution in [-0.2, 0) is 11.2 Å². The lowest BCUT2D eigenvalue weighted by Gasteiger charge is -2.01. The van der Waals surface area contributed by atoms with E-state index in [0.29, 0.717) is 12.1 Å². The summed E-state index contributed by atoms with van der Waals surface area (Å²) in [6.45, 7) is 1.90. The summed E-state index contributed by atoms with van der Waals surface area (Å²) in [4.78, 5) is 24.2. The summed E-state index contributed by atoms with van der Waals surface area (Å²) in [6.07, 6.45) is 2.10. The van der Waals surface area contributed by atoms with E-state index in [1.807, 2.05) is 6.92 Å². The quantitative estimate of drug-likeness (QED) is 0.586. The zero-order chi connectivity index (χ0) is 10.6. The number of aromatic carboxylic acids is 1. The van der Waals surface area contributed by atoms with Gasteiger partial charge in [0, 0.05) is 0 Å². The molecule has 1 rings (SSSR count). The molecule has 0 radical (unpaired) electrons. The molecule has 0 fully saturated rings. The molecule has 0 spiro atoms. The van der Waals surface area contributed by atoms with Crippen molar-refractivity contribution in [2.24, 2.45) is 4.99 Å². The molecule has 0 aromatic heterocycles. The second kappa shape index (κ2) is 4.35. The van der Waals surface area contributed by atoms with Crippen molar-refractivity contribution >= 4 is 17.7 Å². The Balaban J connectivity index is 3.27. The monoisotopic (exact) mass is 191 g/mol. The molecule has 0 saturated heterocycles. The fraction of sp³-hybridized carbons (Fsp3) is 0.200. The first-order valence-electron chi connectivity index (χ1n) is 4.13. The van der Waals surface area contributed by atoms with E-state index in [1.54, 1.807) is 6.07 Å². The van der Waals surface area contributed by atoms with E-state index in [9.17, 15) is 9.59 Å². The average molecular weight is 191 g/mol. The Morgan fingerprint density at radius 3 is 2.79 bits per heavy atom. The Morgan fingerprint density at radius 1 is 1.57 bits per heavy atom. The maximum Gasteiger partial charge on any atom is 0.335 e. The third-order valence-electron chi connectivity index (χ3n) is 1.88. The first-order chi connectivity index (χ1) is 6.69. The van der Waals surface area contributed by atoms with E-state index in [-0.39, 0.29) is 5.56 Å². The van der Waals surface area contributed by atoms with Gasteiger partial charge in [-0.3, -0.25) is 0 Å². The summed E-state index contributed by atoms with van der Waals surface area (Å²) < 4.78 is 0. The average Bonchev–Trinajstić information content (AvgIpc) is 2.18. The maximum atomic E-state index is 10.6. The standard InChI is InChI=1S/C10H9NO3/c1-2-7-3-4-8(10(13)14)5-9(7)11-6-12/h3-5H,2H2,1H3,(H,13,14). The van der Waals surface area contributed by atoms with Crippen LogP contribution in [0.1, 0.15) is 22.8 Å². The molecule has 0 unspecified atom stereocenters. The number of aryl methyl sites for hydroxylation is 1. The van der Waals surface area contributed by atoms with Crippen LogP contribution in [0.5, 0.6) is 0 Å². The van der Waals surface area contributed by atoms with Gasteiger partial charge in [0.15, 0.2) is 0 Å². The number of hydrogen-bond donors (Lipinski definition) is 1. The molecule has 14 heavy (non-hydrogen) atoms. The van der Waals surface area contributed by atoms with Crippen LogP contribution >= 0.6 is 0 Å². The third kappa shape index (κ3) is 2.06. The SMILES string of the molecule is CCc1ccc(C(=O)O)cc1N=C=O. The molecule has 0 bridgehead atoms. The number of carboxylic acid groups (broad SMARTS) is 1. The van der Waals surface area contributed by atoms with Crippen LogP contribution in [0.2, 0.25) is 0 Å². The number of nitrogens with zero attached hydrogens (tertiary/aromatic N) is 1. The Bertz CT molecular complexity index is 406.